The van der Waals surface area contributed by atoms with Gasteiger partial charge in [0.2, 0.25) is 5.91 Å². The Bertz CT molecular complexity index is 878. The summed E-state index contributed by atoms with van der Waals surface area (Å²) in [7, 11) is 0. The van der Waals surface area contributed by atoms with Gasteiger partial charge in [0.25, 0.3) is 0 Å². The van der Waals surface area contributed by atoms with Gasteiger partial charge in [-0.2, -0.15) is 5.10 Å². The Morgan fingerprint density at radius 2 is 1.62 bits per heavy atom. The van der Waals surface area contributed by atoms with Crippen LogP contribution in [0.3, 0.4) is 0 Å². The number of hydrogen-bond acceptors (Lipinski definition) is 3. The lowest BCUT2D eigenvalue weighted by Gasteiger charge is -2.18. The first-order valence-corrected chi connectivity index (χ1v) is 9.59. The number of rotatable bonds is 5. The Morgan fingerprint density at radius 3 is 2.15 bits per heavy atom. The molecule has 0 radical (unpaired) electrons. The molecular formula is C22H20N2OS. The molecule has 0 aliphatic heterocycles. The molecule has 130 valence electrons. The van der Waals surface area contributed by atoms with E-state index < -0.39 is 0 Å². The lowest BCUT2D eigenvalue weighted by Crippen LogP contribution is -2.26. The molecule has 1 fully saturated rings. The van der Waals surface area contributed by atoms with Crippen molar-refractivity contribution in [1.82, 2.24) is 5.43 Å². The Hall–Kier alpha value is -2.72. The molecule has 3 nitrogen and oxygen atoms in total. The molecule has 4 heteroatoms. The zero-order valence-corrected chi connectivity index (χ0v) is 15.4. The van der Waals surface area contributed by atoms with E-state index in [0.717, 1.165) is 17.0 Å². The molecule has 2 aromatic carbocycles. The number of thiophene rings is 1. The highest BCUT2D eigenvalue weighted by Gasteiger charge is 2.60. The van der Waals surface area contributed by atoms with Gasteiger partial charge in [-0.1, -0.05) is 66.7 Å². The smallest absolute Gasteiger partial charge is 0.244 e. The molecule has 3 aromatic rings. The van der Waals surface area contributed by atoms with Gasteiger partial charge in [-0.05, 0) is 35.9 Å². The summed E-state index contributed by atoms with van der Waals surface area (Å²) in [6.07, 6.45) is 0.806. The Labute approximate surface area is 157 Å². The van der Waals surface area contributed by atoms with Crippen molar-refractivity contribution in [3.8, 4) is 0 Å². The molecule has 4 rings (SSSR count). The highest BCUT2D eigenvalue weighted by molar-refractivity contribution is 7.12. The summed E-state index contributed by atoms with van der Waals surface area (Å²) in [5.41, 5.74) is 5.73. The van der Waals surface area contributed by atoms with Crippen LogP contribution < -0.4 is 5.43 Å². The molecular weight excluding hydrogens is 340 g/mol. The van der Waals surface area contributed by atoms with E-state index in [2.05, 4.69) is 34.8 Å². The van der Waals surface area contributed by atoms with Gasteiger partial charge in [-0.25, -0.2) is 5.43 Å². The first-order chi connectivity index (χ1) is 12.7. The van der Waals surface area contributed by atoms with Crippen molar-refractivity contribution < 1.29 is 4.79 Å². The van der Waals surface area contributed by atoms with Crippen LogP contribution in [0.1, 0.15) is 29.3 Å². The topological polar surface area (TPSA) is 41.5 Å². The van der Waals surface area contributed by atoms with Gasteiger partial charge in [0, 0.05) is 10.3 Å². The number of carbonyl (C=O) groups excluding carboxylic acids is 1. The molecule has 1 N–H and O–H groups in total. The molecule has 1 aliphatic rings. The van der Waals surface area contributed by atoms with Gasteiger partial charge < -0.3 is 0 Å². The molecule has 0 unspecified atom stereocenters. The summed E-state index contributed by atoms with van der Waals surface area (Å²) in [5.74, 6) is -0.124. The zero-order chi connectivity index (χ0) is 18.0. The SMILES string of the molecule is C/C(=N/NC(=O)[C@H]1CC1(c1ccccc1)c1ccccc1)c1cccs1. The van der Waals surface area contributed by atoms with Crippen molar-refractivity contribution >= 4 is 23.0 Å². The van der Waals surface area contributed by atoms with Crippen LogP contribution >= 0.6 is 11.3 Å². The molecule has 1 amide bonds. The van der Waals surface area contributed by atoms with E-state index in [1.54, 1.807) is 11.3 Å². The molecule has 1 heterocycles. The number of carbonyl (C=O) groups is 1. The first kappa shape index (κ1) is 16.7. The van der Waals surface area contributed by atoms with Gasteiger partial charge in [0.05, 0.1) is 11.6 Å². The van der Waals surface area contributed by atoms with Crippen LogP contribution in [0.25, 0.3) is 0 Å². The minimum atomic E-state index is -0.251. The van der Waals surface area contributed by atoms with Crippen LogP contribution in [-0.2, 0) is 10.2 Å². The molecule has 1 aromatic heterocycles. The third kappa shape index (κ3) is 2.97. The van der Waals surface area contributed by atoms with Crippen molar-refractivity contribution in [2.24, 2.45) is 11.0 Å². The Balaban J connectivity index is 1.59. The van der Waals surface area contributed by atoms with E-state index in [1.807, 2.05) is 60.8 Å². The molecule has 1 aliphatic carbocycles. The lowest BCUT2D eigenvalue weighted by atomic mass is 9.85. The predicted octanol–water partition coefficient (Wildman–Crippen LogP) is 4.59. The van der Waals surface area contributed by atoms with Crippen molar-refractivity contribution in [2.45, 2.75) is 18.8 Å². The monoisotopic (exact) mass is 360 g/mol. The summed E-state index contributed by atoms with van der Waals surface area (Å²) in [5, 5.41) is 6.32. The molecule has 1 atom stereocenters. The molecule has 1 saturated carbocycles. The van der Waals surface area contributed by atoms with E-state index in [9.17, 15) is 4.79 Å². The van der Waals surface area contributed by atoms with Gasteiger partial charge in [0.15, 0.2) is 0 Å². The minimum Gasteiger partial charge on any atom is -0.273 e. The fourth-order valence-corrected chi connectivity index (χ4v) is 4.29. The quantitative estimate of drug-likeness (QED) is 0.524. The molecule has 26 heavy (non-hydrogen) atoms. The summed E-state index contributed by atoms with van der Waals surface area (Å²) in [6.45, 7) is 1.92. The van der Waals surface area contributed by atoms with Crippen molar-refractivity contribution in [3.63, 3.8) is 0 Å². The van der Waals surface area contributed by atoms with Gasteiger partial charge in [-0.3, -0.25) is 4.79 Å². The largest absolute Gasteiger partial charge is 0.273 e. The Kier molecular flexibility index (Phi) is 4.43. The van der Waals surface area contributed by atoms with Crippen LogP contribution in [0.5, 0.6) is 0 Å². The maximum atomic E-state index is 12.8. The number of nitrogens with zero attached hydrogens (tertiary/aromatic N) is 1. The second kappa shape index (κ2) is 6.89. The average Bonchev–Trinajstić information content (AvgIpc) is 3.23. The van der Waals surface area contributed by atoms with E-state index in [-0.39, 0.29) is 17.2 Å². The maximum Gasteiger partial charge on any atom is 0.244 e. The number of benzene rings is 2. The summed E-state index contributed by atoms with van der Waals surface area (Å²) >= 11 is 1.62. The normalized spacial score (nSPS) is 18.3. The second-order valence-electron chi connectivity index (χ2n) is 6.61. The molecule has 0 bridgehead atoms. The standard InChI is InChI=1S/C22H20N2OS/c1-16(20-13-8-14-26-20)23-24-21(25)19-15-22(19,17-9-4-2-5-10-17)18-11-6-3-7-12-18/h2-14,19H,15H2,1H3,(H,24,25)/b23-16-/t19-/m1/s1. The van der Waals surface area contributed by atoms with Crippen LogP contribution in [0.4, 0.5) is 0 Å². The van der Waals surface area contributed by atoms with E-state index in [4.69, 9.17) is 0 Å². The average molecular weight is 360 g/mol. The van der Waals surface area contributed by atoms with Crippen molar-refractivity contribution in [1.29, 1.82) is 0 Å². The van der Waals surface area contributed by atoms with Gasteiger partial charge >= 0.3 is 0 Å². The first-order valence-electron chi connectivity index (χ1n) is 8.71. The van der Waals surface area contributed by atoms with E-state index >= 15 is 0 Å². The minimum absolute atomic E-state index is 0.0198. The van der Waals surface area contributed by atoms with Crippen LogP contribution in [0.2, 0.25) is 0 Å². The number of hydrazone groups is 1. The fourth-order valence-electron chi connectivity index (χ4n) is 3.61. The maximum absolute atomic E-state index is 12.8. The Morgan fingerprint density at radius 1 is 1.00 bits per heavy atom. The van der Waals surface area contributed by atoms with Crippen LogP contribution in [-0.4, -0.2) is 11.6 Å². The van der Waals surface area contributed by atoms with Crippen molar-refractivity contribution in [3.05, 3.63) is 94.2 Å². The highest BCUT2D eigenvalue weighted by atomic mass is 32.1. The number of nitrogens with one attached hydrogen (secondary N) is 1. The summed E-state index contributed by atoms with van der Waals surface area (Å²) in [6, 6.07) is 24.6. The van der Waals surface area contributed by atoms with Gasteiger partial charge in [-0.15, -0.1) is 11.3 Å². The number of amides is 1. The van der Waals surface area contributed by atoms with Crippen molar-refractivity contribution in [2.75, 3.05) is 0 Å². The third-order valence-electron chi connectivity index (χ3n) is 5.07. The summed E-state index contributed by atoms with van der Waals surface area (Å²) in [4.78, 5) is 13.9. The second-order valence-corrected chi connectivity index (χ2v) is 7.56. The van der Waals surface area contributed by atoms with Gasteiger partial charge in [0.1, 0.15) is 0 Å². The molecule has 0 spiro atoms. The summed E-state index contributed by atoms with van der Waals surface area (Å²) < 4.78 is 0. The van der Waals surface area contributed by atoms with E-state index in [1.165, 1.54) is 11.1 Å². The number of hydrogen-bond donors (Lipinski definition) is 1. The zero-order valence-electron chi connectivity index (χ0n) is 14.6. The predicted molar refractivity (Wildman–Crippen MR) is 106 cm³/mol. The fraction of sp³-hybridized carbons (Fsp3) is 0.182. The van der Waals surface area contributed by atoms with E-state index in [0.29, 0.717) is 0 Å². The van der Waals surface area contributed by atoms with Crippen LogP contribution in [0.15, 0.2) is 83.3 Å². The third-order valence-corrected chi connectivity index (χ3v) is 6.05. The highest BCUT2D eigenvalue weighted by Crippen LogP contribution is 2.58. The molecule has 0 saturated heterocycles. The lowest BCUT2D eigenvalue weighted by molar-refractivity contribution is -0.122. The van der Waals surface area contributed by atoms with Crippen LogP contribution in [0, 0.1) is 5.92 Å².